The molecule has 0 saturated heterocycles. The molecule has 1 saturated carbocycles. The Morgan fingerprint density at radius 3 is 2.47 bits per heavy atom. The van der Waals surface area contributed by atoms with Gasteiger partial charge in [0.15, 0.2) is 6.29 Å². The third-order valence-corrected chi connectivity index (χ3v) is 7.84. The van der Waals surface area contributed by atoms with E-state index < -0.39 is 12.1 Å². The van der Waals surface area contributed by atoms with Gasteiger partial charge in [-0.3, -0.25) is 14.4 Å². The van der Waals surface area contributed by atoms with Gasteiger partial charge in [-0.05, 0) is 55.6 Å². The Bertz CT molecular complexity index is 950. The molecule has 0 heterocycles. The number of Topliss-reactive ketones (excluding diaryl/α,β-unsaturated/α-hetero) is 1. The number of carbonyl (C=O) groups is 3. The lowest BCUT2D eigenvalue weighted by atomic mass is 9.59. The molecule has 1 fully saturated rings. The number of ether oxygens (including phenoxy) is 1. The smallest absolute Gasteiger partial charge is 0.303 e. The van der Waals surface area contributed by atoms with Crippen LogP contribution in [-0.2, 0) is 20.7 Å². The van der Waals surface area contributed by atoms with E-state index in [4.69, 9.17) is 16.3 Å². The lowest BCUT2D eigenvalue weighted by Gasteiger charge is -2.45. The van der Waals surface area contributed by atoms with Crippen LogP contribution >= 0.6 is 11.6 Å². The molecule has 1 aromatic carbocycles. The number of benzene rings is 1. The van der Waals surface area contributed by atoms with Gasteiger partial charge in [-0.1, -0.05) is 38.4 Å². The molecule has 0 spiro atoms. The van der Waals surface area contributed by atoms with Crippen LogP contribution in [0.3, 0.4) is 0 Å². The van der Waals surface area contributed by atoms with Crippen LogP contribution in [0.5, 0.6) is 11.5 Å². The summed E-state index contributed by atoms with van der Waals surface area (Å²) in [5, 5.41) is 20.9. The number of allylic oxidation sites excluding steroid dienone is 1. The summed E-state index contributed by atoms with van der Waals surface area (Å²) in [4.78, 5) is 35.6. The zero-order valence-electron chi connectivity index (χ0n) is 19.6. The number of carbonyl (C=O) groups excluding carboxylic acids is 3. The van der Waals surface area contributed by atoms with Crippen molar-refractivity contribution in [3.05, 3.63) is 33.4 Å². The first-order valence-corrected chi connectivity index (χ1v) is 11.3. The van der Waals surface area contributed by atoms with E-state index in [2.05, 4.69) is 13.8 Å². The Morgan fingerprint density at radius 1 is 1.28 bits per heavy atom. The zero-order chi connectivity index (χ0) is 24.4. The van der Waals surface area contributed by atoms with E-state index in [0.717, 1.165) is 12.0 Å². The Balaban J connectivity index is 2.39. The number of hydrogen-bond acceptors (Lipinski definition) is 6. The second-order valence-corrected chi connectivity index (χ2v) is 9.61. The lowest BCUT2D eigenvalue weighted by Crippen LogP contribution is -2.44. The van der Waals surface area contributed by atoms with Crippen molar-refractivity contribution >= 4 is 29.6 Å². The fraction of sp³-hybridized carbons (Fsp3) is 0.560. The van der Waals surface area contributed by atoms with Crippen LogP contribution in [0.2, 0.25) is 5.02 Å². The molecule has 0 aliphatic heterocycles. The summed E-state index contributed by atoms with van der Waals surface area (Å²) in [6, 6.07) is 0. The summed E-state index contributed by atoms with van der Waals surface area (Å²) in [5.74, 6) is -0.691. The number of phenols is 2. The Labute approximate surface area is 194 Å². The third-order valence-electron chi connectivity index (χ3n) is 7.38. The zero-order valence-corrected chi connectivity index (χ0v) is 20.4. The maximum atomic E-state index is 12.4. The normalized spacial score (nSPS) is 24.8. The van der Waals surface area contributed by atoms with Crippen molar-refractivity contribution in [1.29, 1.82) is 0 Å². The number of aldehydes is 1. The van der Waals surface area contributed by atoms with Crippen LogP contribution < -0.4 is 0 Å². The molecule has 0 radical (unpaired) electrons. The lowest BCUT2D eigenvalue weighted by molar-refractivity contribution is -0.148. The van der Waals surface area contributed by atoms with Crippen molar-refractivity contribution in [2.75, 3.05) is 0 Å². The molecule has 2 rings (SSSR count). The maximum Gasteiger partial charge on any atom is 0.303 e. The highest BCUT2D eigenvalue weighted by Crippen LogP contribution is 2.48. The number of hydrogen-bond donors (Lipinski definition) is 2. The molecule has 1 aliphatic rings. The molecule has 2 N–H and O–H groups in total. The summed E-state index contributed by atoms with van der Waals surface area (Å²) < 4.78 is 5.62. The highest BCUT2D eigenvalue weighted by Gasteiger charge is 2.45. The van der Waals surface area contributed by atoms with Gasteiger partial charge in [0.2, 0.25) is 0 Å². The first kappa shape index (κ1) is 25.9. The molecule has 32 heavy (non-hydrogen) atoms. The van der Waals surface area contributed by atoms with E-state index in [-0.39, 0.29) is 57.1 Å². The number of esters is 1. The highest BCUT2D eigenvalue weighted by molar-refractivity contribution is 6.33. The van der Waals surface area contributed by atoms with Gasteiger partial charge in [0, 0.05) is 24.8 Å². The monoisotopic (exact) mass is 464 g/mol. The van der Waals surface area contributed by atoms with Crippen molar-refractivity contribution < 1.29 is 29.3 Å². The van der Waals surface area contributed by atoms with Crippen LogP contribution in [-0.4, -0.2) is 34.4 Å². The fourth-order valence-corrected chi connectivity index (χ4v) is 4.80. The number of phenolic OH excluding ortho intramolecular Hbond substituents is 2. The molecular weight excluding hydrogens is 432 g/mol. The van der Waals surface area contributed by atoms with Gasteiger partial charge in [-0.15, -0.1) is 0 Å². The molecule has 0 bridgehead atoms. The molecule has 176 valence electrons. The average molecular weight is 465 g/mol. The van der Waals surface area contributed by atoms with Gasteiger partial charge in [-0.2, -0.15) is 0 Å². The largest absolute Gasteiger partial charge is 0.507 e. The summed E-state index contributed by atoms with van der Waals surface area (Å²) >= 11 is 6.14. The second-order valence-electron chi connectivity index (χ2n) is 9.23. The van der Waals surface area contributed by atoms with E-state index in [1.54, 1.807) is 13.0 Å². The molecule has 7 heteroatoms. The standard InChI is InChI=1S/C25H33ClO6/c1-13(7-9-18-23(30)19(12-27)15(3)22(26)24(18)31)21(32-17(5)28)11-25(6)14(2)8-10-20(29)16(25)4/h7,12,14,16,21,30-31H,8-11H2,1-6H3/b13-7+/t14-,16+,21?,25+/m1/s1. The maximum absolute atomic E-state index is 12.4. The molecular formula is C25H33ClO6. The summed E-state index contributed by atoms with van der Waals surface area (Å²) in [6.07, 6.45) is 3.61. The van der Waals surface area contributed by atoms with Crippen LogP contribution in [0.1, 0.15) is 75.4 Å². The second kappa shape index (κ2) is 10.1. The highest BCUT2D eigenvalue weighted by atomic mass is 35.5. The topological polar surface area (TPSA) is 101 Å². The number of aromatic hydroxyl groups is 2. The SMILES string of the molecule is CC(=O)OC(C[C@@]1(C)[C@H](C)CCC(=O)[C@@H]1C)/C(C)=C/Cc1c(O)c(Cl)c(C)c(C=O)c1O. The van der Waals surface area contributed by atoms with Crippen molar-refractivity contribution in [2.24, 2.45) is 17.3 Å². The van der Waals surface area contributed by atoms with Crippen molar-refractivity contribution in [3.63, 3.8) is 0 Å². The van der Waals surface area contributed by atoms with E-state index in [1.165, 1.54) is 6.92 Å². The predicted octanol–water partition coefficient (Wildman–Crippen LogP) is 5.32. The molecule has 6 nitrogen and oxygen atoms in total. The van der Waals surface area contributed by atoms with Crippen LogP contribution in [0.25, 0.3) is 0 Å². The molecule has 0 amide bonds. The Morgan fingerprint density at radius 2 is 1.91 bits per heavy atom. The molecule has 1 unspecified atom stereocenters. The Kier molecular flexibility index (Phi) is 8.16. The molecule has 0 aromatic heterocycles. The van der Waals surface area contributed by atoms with Gasteiger partial charge >= 0.3 is 5.97 Å². The summed E-state index contributed by atoms with van der Waals surface area (Å²) in [5.41, 5.74) is 0.844. The minimum atomic E-state index is -0.566. The van der Waals surface area contributed by atoms with E-state index >= 15 is 0 Å². The van der Waals surface area contributed by atoms with Crippen LogP contribution in [0, 0.1) is 24.2 Å². The van der Waals surface area contributed by atoms with Gasteiger partial charge in [0.1, 0.15) is 23.4 Å². The van der Waals surface area contributed by atoms with Gasteiger partial charge in [0.05, 0.1) is 10.6 Å². The number of halogens is 1. The number of rotatable bonds is 7. The number of ketones is 1. The van der Waals surface area contributed by atoms with E-state index in [1.807, 2.05) is 13.8 Å². The Hall–Kier alpha value is -2.34. The quantitative estimate of drug-likeness (QED) is 0.321. The summed E-state index contributed by atoms with van der Waals surface area (Å²) in [6.45, 7) is 10.8. The minimum absolute atomic E-state index is 0.0124. The van der Waals surface area contributed by atoms with Gasteiger partial charge in [0.25, 0.3) is 0 Å². The van der Waals surface area contributed by atoms with E-state index in [9.17, 15) is 24.6 Å². The van der Waals surface area contributed by atoms with E-state index in [0.29, 0.717) is 24.7 Å². The molecule has 4 atom stereocenters. The predicted molar refractivity (Wildman–Crippen MR) is 123 cm³/mol. The average Bonchev–Trinajstić information content (AvgIpc) is 2.73. The van der Waals surface area contributed by atoms with Crippen molar-refractivity contribution in [3.8, 4) is 11.5 Å². The van der Waals surface area contributed by atoms with Crippen LogP contribution in [0.4, 0.5) is 0 Å². The summed E-state index contributed by atoms with van der Waals surface area (Å²) in [7, 11) is 0. The van der Waals surface area contributed by atoms with Crippen molar-refractivity contribution in [2.45, 2.75) is 73.3 Å². The minimum Gasteiger partial charge on any atom is -0.507 e. The van der Waals surface area contributed by atoms with Crippen LogP contribution in [0.15, 0.2) is 11.6 Å². The molecule has 1 aromatic rings. The third kappa shape index (κ3) is 5.01. The van der Waals surface area contributed by atoms with Gasteiger partial charge in [-0.25, -0.2) is 0 Å². The van der Waals surface area contributed by atoms with Crippen molar-refractivity contribution in [1.82, 2.24) is 0 Å². The molecule has 1 aliphatic carbocycles. The fourth-order valence-electron chi connectivity index (χ4n) is 4.59. The first-order chi connectivity index (χ1) is 14.8. The first-order valence-electron chi connectivity index (χ1n) is 10.9. The van der Waals surface area contributed by atoms with Gasteiger partial charge < -0.3 is 14.9 Å².